The molecule has 2 N–H and O–H groups in total. The molecule has 0 saturated carbocycles. The topological polar surface area (TPSA) is 131 Å². The van der Waals surface area contributed by atoms with Crippen LogP contribution in [0.15, 0.2) is 18.2 Å². The van der Waals surface area contributed by atoms with Gasteiger partial charge < -0.3 is 24.7 Å². The number of hydrogen-bond acceptors (Lipinski definition) is 9. The van der Waals surface area contributed by atoms with Crippen molar-refractivity contribution in [3.8, 4) is 11.5 Å². The molecule has 0 aliphatic rings. The van der Waals surface area contributed by atoms with Gasteiger partial charge in [0, 0.05) is 12.8 Å². The number of ether oxygens (including phenoxy) is 4. The Kier molecular flexibility index (Phi) is 13.8. The SMILES string of the molecule is CCCC(C)C(=O)O[C@@H](C)CC(N)(Cc1ccc(OC(=O)C(C)C(C)C)c(OC(=O)C(C)C(C)C)c1)C(=O)OC. The summed E-state index contributed by atoms with van der Waals surface area (Å²) in [5.41, 5.74) is 5.57. The number of carbonyl (C=O) groups is 4. The van der Waals surface area contributed by atoms with Gasteiger partial charge in [-0.05, 0) is 42.9 Å². The third kappa shape index (κ3) is 10.2. The lowest BCUT2D eigenvalue weighted by molar-refractivity contribution is -0.157. The van der Waals surface area contributed by atoms with Gasteiger partial charge >= 0.3 is 23.9 Å². The Bertz CT molecular complexity index is 1020. The molecule has 0 spiro atoms. The lowest BCUT2D eigenvalue weighted by atomic mass is 9.86. The average Bonchev–Trinajstić information content (AvgIpc) is 2.88. The highest BCUT2D eigenvalue weighted by molar-refractivity contribution is 5.82. The minimum Gasteiger partial charge on any atom is -0.468 e. The highest BCUT2D eigenvalue weighted by Crippen LogP contribution is 2.33. The maximum absolute atomic E-state index is 12.8. The highest BCUT2D eigenvalue weighted by Gasteiger charge is 2.38. The lowest BCUT2D eigenvalue weighted by Crippen LogP contribution is -2.53. The lowest BCUT2D eigenvalue weighted by Gasteiger charge is -2.30. The summed E-state index contributed by atoms with van der Waals surface area (Å²) in [6.07, 6.45) is 0.885. The van der Waals surface area contributed by atoms with E-state index in [1.807, 2.05) is 34.6 Å². The fourth-order valence-corrected chi connectivity index (χ4v) is 3.99. The number of nitrogens with two attached hydrogens (primary N) is 1. The van der Waals surface area contributed by atoms with Gasteiger partial charge in [0.1, 0.15) is 11.6 Å². The number of benzene rings is 1. The quantitative estimate of drug-likeness (QED) is 0.224. The molecule has 0 aliphatic heterocycles. The van der Waals surface area contributed by atoms with Crippen LogP contribution in [0.2, 0.25) is 0 Å². The number of carbonyl (C=O) groups excluding carboxylic acids is 4. The van der Waals surface area contributed by atoms with E-state index < -0.39 is 35.5 Å². The van der Waals surface area contributed by atoms with Gasteiger partial charge in [-0.3, -0.25) is 19.2 Å². The van der Waals surface area contributed by atoms with Crippen LogP contribution in [0, 0.1) is 29.6 Å². The van der Waals surface area contributed by atoms with E-state index in [0.29, 0.717) is 12.0 Å². The zero-order valence-electron chi connectivity index (χ0n) is 25.9. The largest absolute Gasteiger partial charge is 0.468 e. The minimum atomic E-state index is -1.54. The summed E-state index contributed by atoms with van der Waals surface area (Å²) in [6.45, 7) is 16.6. The molecule has 0 aliphatic carbocycles. The number of esters is 4. The molecule has 40 heavy (non-hydrogen) atoms. The van der Waals surface area contributed by atoms with Crippen molar-refractivity contribution in [2.24, 2.45) is 35.3 Å². The van der Waals surface area contributed by atoms with Crippen LogP contribution >= 0.6 is 0 Å². The van der Waals surface area contributed by atoms with Crippen LogP contribution in [0.25, 0.3) is 0 Å². The van der Waals surface area contributed by atoms with Crippen molar-refractivity contribution in [3.05, 3.63) is 23.8 Å². The molecule has 0 saturated heterocycles. The molecule has 1 aromatic rings. The molecule has 0 heterocycles. The highest BCUT2D eigenvalue weighted by atomic mass is 16.6. The van der Waals surface area contributed by atoms with Crippen LogP contribution in [0.3, 0.4) is 0 Å². The van der Waals surface area contributed by atoms with E-state index in [-0.39, 0.29) is 54.0 Å². The molecule has 1 rings (SSSR count). The maximum atomic E-state index is 12.8. The summed E-state index contributed by atoms with van der Waals surface area (Å²) in [6, 6.07) is 4.71. The first-order valence-electron chi connectivity index (χ1n) is 14.2. The number of hydrogen-bond donors (Lipinski definition) is 1. The first-order valence-corrected chi connectivity index (χ1v) is 14.2. The Hall–Kier alpha value is -2.94. The smallest absolute Gasteiger partial charge is 0.326 e. The van der Waals surface area contributed by atoms with Crippen LogP contribution in [-0.2, 0) is 35.1 Å². The fraction of sp³-hybridized carbons (Fsp3) is 0.677. The van der Waals surface area contributed by atoms with Crippen LogP contribution in [-0.4, -0.2) is 42.6 Å². The second-order valence-electron chi connectivity index (χ2n) is 11.7. The summed E-state index contributed by atoms with van der Waals surface area (Å²) < 4.78 is 21.9. The molecule has 0 radical (unpaired) electrons. The zero-order chi connectivity index (χ0) is 30.8. The molecule has 1 aromatic carbocycles. The van der Waals surface area contributed by atoms with Gasteiger partial charge in [0.05, 0.1) is 24.9 Å². The van der Waals surface area contributed by atoms with Gasteiger partial charge in [-0.1, -0.05) is 67.9 Å². The molecular formula is C31H49NO8. The Morgan fingerprint density at radius 3 is 1.82 bits per heavy atom. The summed E-state index contributed by atoms with van der Waals surface area (Å²) in [4.78, 5) is 50.8. The van der Waals surface area contributed by atoms with Crippen LogP contribution in [0.1, 0.15) is 87.1 Å². The Labute approximate surface area is 239 Å². The molecule has 0 fully saturated rings. The van der Waals surface area contributed by atoms with E-state index in [2.05, 4.69) is 0 Å². The van der Waals surface area contributed by atoms with E-state index in [1.165, 1.54) is 19.2 Å². The fourth-order valence-electron chi connectivity index (χ4n) is 3.99. The van der Waals surface area contributed by atoms with E-state index in [9.17, 15) is 19.2 Å². The van der Waals surface area contributed by atoms with Gasteiger partial charge in [-0.2, -0.15) is 0 Å². The number of methoxy groups -OCH3 is 1. The second kappa shape index (κ2) is 15.7. The van der Waals surface area contributed by atoms with Crippen molar-refractivity contribution < 1.29 is 38.1 Å². The predicted molar refractivity (Wildman–Crippen MR) is 153 cm³/mol. The molecular weight excluding hydrogens is 514 g/mol. The summed E-state index contributed by atoms with van der Waals surface area (Å²) in [5.74, 6) is -2.77. The van der Waals surface area contributed by atoms with E-state index in [0.717, 1.165) is 6.42 Å². The molecule has 226 valence electrons. The second-order valence-corrected chi connectivity index (χ2v) is 11.7. The van der Waals surface area contributed by atoms with Crippen molar-refractivity contribution in [1.82, 2.24) is 0 Å². The molecule has 0 aromatic heterocycles. The van der Waals surface area contributed by atoms with Crippen LogP contribution in [0.4, 0.5) is 0 Å². The van der Waals surface area contributed by atoms with Gasteiger partial charge in [0.25, 0.3) is 0 Å². The first-order chi connectivity index (χ1) is 18.6. The molecule has 4 unspecified atom stereocenters. The average molecular weight is 564 g/mol. The van der Waals surface area contributed by atoms with Crippen molar-refractivity contribution in [2.45, 2.75) is 99.6 Å². The standard InChI is InChI=1S/C31H49NO8/c1-11-12-20(6)27(33)38-21(7)16-31(32,30(36)37-10)17-24-13-14-25(39-28(34)22(8)18(2)3)26(15-24)40-29(35)23(9)19(4)5/h13-15,18-23H,11-12,16-17,32H2,1-10H3/t20?,21-,22?,23?,31?/m0/s1. The Morgan fingerprint density at radius 2 is 1.35 bits per heavy atom. The zero-order valence-corrected chi connectivity index (χ0v) is 25.9. The number of rotatable bonds is 15. The van der Waals surface area contributed by atoms with Gasteiger partial charge in [-0.25, -0.2) is 0 Å². The first kappa shape index (κ1) is 35.1. The van der Waals surface area contributed by atoms with Gasteiger partial charge in [-0.15, -0.1) is 0 Å². The normalized spacial score (nSPS) is 15.9. The molecule has 9 heteroatoms. The van der Waals surface area contributed by atoms with E-state index in [1.54, 1.807) is 33.8 Å². The third-order valence-electron chi connectivity index (χ3n) is 7.38. The van der Waals surface area contributed by atoms with E-state index >= 15 is 0 Å². The van der Waals surface area contributed by atoms with Gasteiger partial charge in [0.2, 0.25) is 0 Å². The maximum Gasteiger partial charge on any atom is 0.326 e. The summed E-state index contributed by atoms with van der Waals surface area (Å²) in [7, 11) is 1.24. The van der Waals surface area contributed by atoms with Crippen molar-refractivity contribution in [2.75, 3.05) is 7.11 Å². The van der Waals surface area contributed by atoms with Crippen molar-refractivity contribution in [3.63, 3.8) is 0 Å². The molecule has 9 nitrogen and oxygen atoms in total. The molecule has 0 amide bonds. The summed E-state index contributed by atoms with van der Waals surface area (Å²) >= 11 is 0. The van der Waals surface area contributed by atoms with Gasteiger partial charge in [0.15, 0.2) is 11.5 Å². The minimum absolute atomic E-state index is 0.00635. The molecule has 5 atom stereocenters. The van der Waals surface area contributed by atoms with E-state index in [4.69, 9.17) is 24.7 Å². The van der Waals surface area contributed by atoms with Crippen molar-refractivity contribution >= 4 is 23.9 Å². The molecule has 0 bridgehead atoms. The van der Waals surface area contributed by atoms with Crippen LogP contribution < -0.4 is 15.2 Å². The Balaban J connectivity index is 3.34. The monoisotopic (exact) mass is 563 g/mol. The van der Waals surface area contributed by atoms with Crippen LogP contribution in [0.5, 0.6) is 11.5 Å². The van der Waals surface area contributed by atoms with Crippen molar-refractivity contribution in [1.29, 1.82) is 0 Å². The predicted octanol–water partition coefficient (Wildman–Crippen LogP) is 5.25. The Morgan fingerprint density at radius 1 is 0.825 bits per heavy atom. The third-order valence-corrected chi connectivity index (χ3v) is 7.38. The summed E-state index contributed by atoms with van der Waals surface area (Å²) in [5, 5.41) is 0.